The van der Waals surface area contributed by atoms with E-state index in [0.29, 0.717) is 29.2 Å². The van der Waals surface area contributed by atoms with E-state index in [1.54, 1.807) is 29.7 Å². The number of carbonyl (C=O) groups excluding carboxylic acids is 2. The SMILES string of the molecule is COC(=O)c1c(-c2ccco2)csc1NC(=O)[C@H]1CC=CC[C@@H]1C(=O)O. The third-order valence-electron chi connectivity index (χ3n) is 4.29. The molecule has 0 fully saturated rings. The van der Waals surface area contributed by atoms with E-state index in [0.717, 1.165) is 11.3 Å². The number of carbonyl (C=O) groups is 3. The van der Waals surface area contributed by atoms with Crippen molar-refractivity contribution in [3.63, 3.8) is 0 Å². The summed E-state index contributed by atoms with van der Waals surface area (Å²) in [5.41, 5.74) is 0.708. The van der Waals surface area contributed by atoms with Gasteiger partial charge in [-0.2, -0.15) is 0 Å². The highest BCUT2D eigenvalue weighted by atomic mass is 32.1. The van der Waals surface area contributed by atoms with Crippen LogP contribution < -0.4 is 5.32 Å². The Morgan fingerprint density at radius 1 is 1.27 bits per heavy atom. The average Bonchev–Trinajstić information content (AvgIpc) is 3.30. The zero-order valence-electron chi connectivity index (χ0n) is 13.9. The van der Waals surface area contributed by atoms with Crippen molar-refractivity contribution < 1.29 is 28.6 Å². The van der Waals surface area contributed by atoms with Gasteiger partial charge in [-0.1, -0.05) is 12.2 Å². The van der Waals surface area contributed by atoms with Gasteiger partial charge in [0.25, 0.3) is 0 Å². The van der Waals surface area contributed by atoms with Gasteiger partial charge in [0, 0.05) is 10.9 Å². The first-order valence-corrected chi connectivity index (χ1v) is 8.83. The minimum Gasteiger partial charge on any atom is -0.481 e. The monoisotopic (exact) mass is 375 g/mol. The predicted molar refractivity (Wildman–Crippen MR) is 95.0 cm³/mol. The summed E-state index contributed by atoms with van der Waals surface area (Å²) in [7, 11) is 1.25. The molecule has 8 heteroatoms. The van der Waals surface area contributed by atoms with Crippen molar-refractivity contribution in [2.24, 2.45) is 11.8 Å². The lowest BCUT2D eigenvalue weighted by molar-refractivity contribution is -0.146. The number of thiophene rings is 1. The number of esters is 1. The lowest BCUT2D eigenvalue weighted by Crippen LogP contribution is -2.34. The number of carboxylic acids is 1. The van der Waals surface area contributed by atoms with Gasteiger partial charge in [-0.25, -0.2) is 4.79 Å². The number of anilines is 1. The van der Waals surface area contributed by atoms with E-state index in [9.17, 15) is 19.5 Å². The van der Waals surface area contributed by atoms with E-state index in [1.807, 2.05) is 0 Å². The van der Waals surface area contributed by atoms with Crippen molar-refractivity contribution in [2.45, 2.75) is 12.8 Å². The van der Waals surface area contributed by atoms with Gasteiger partial charge in [0.05, 0.1) is 25.2 Å². The molecule has 2 aromatic rings. The van der Waals surface area contributed by atoms with E-state index in [2.05, 4.69) is 5.32 Å². The fraction of sp³-hybridized carbons (Fsp3) is 0.278. The standard InChI is InChI=1S/C18H17NO6S/c1-24-18(23)14-12(13-7-4-8-25-13)9-26-16(14)19-15(20)10-5-2-3-6-11(10)17(21)22/h2-4,7-11H,5-6H2,1H3,(H,19,20)(H,21,22)/t10-,11-/m0/s1. The van der Waals surface area contributed by atoms with Crippen LogP contribution in [-0.2, 0) is 14.3 Å². The summed E-state index contributed by atoms with van der Waals surface area (Å²) in [5, 5.41) is 14.0. The van der Waals surface area contributed by atoms with Crippen LogP contribution in [0, 0.1) is 11.8 Å². The van der Waals surface area contributed by atoms with Gasteiger partial charge in [-0.15, -0.1) is 11.3 Å². The Hall–Kier alpha value is -2.87. The van der Waals surface area contributed by atoms with Crippen LogP contribution in [0.5, 0.6) is 0 Å². The largest absolute Gasteiger partial charge is 0.481 e. The van der Waals surface area contributed by atoms with Crippen molar-refractivity contribution in [2.75, 3.05) is 12.4 Å². The number of rotatable bonds is 5. The Morgan fingerprint density at radius 3 is 2.62 bits per heavy atom. The molecule has 0 aromatic carbocycles. The summed E-state index contributed by atoms with van der Waals surface area (Å²) in [6.45, 7) is 0. The minimum absolute atomic E-state index is 0.194. The fourth-order valence-electron chi connectivity index (χ4n) is 2.95. The molecule has 0 aliphatic heterocycles. The Balaban J connectivity index is 1.90. The van der Waals surface area contributed by atoms with E-state index in [-0.39, 0.29) is 5.56 Å². The summed E-state index contributed by atoms with van der Waals surface area (Å²) in [6, 6.07) is 3.39. The second-order valence-corrected chi connectivity index (χ2v) is 6.69. The summed E-state index contributed by atoms with van der Waals surface area (Å²) >= 11 is 1.16. The van der Waals surface area contributed by atoms with Gasteiger partial charge in [0.2, 0.25) is 5.91 Å². The molecule has 2 atom stereocenters. The number of furan rings is 1. The van der Waals surface area contributed by atoms with Crippen molar-refractivity contribution in [1.29, 1.82) is 0 Å². The molecule has 1 amide bonds. The van der Waals surface area contributed by atoms with Gasteiger partial charge in [-0.05, 0) is 25.0 Å². The molecule has 0 saturated carbocycles. The Labute approximate surface area is 153 Å². The van der Waals surface area contributed by atoms with E-state index >= 15 is 0 Å². The maximum Gasteiger partial charge on any atom is 0.341 e. The van der Waals surface area contributed by atoms with E-state index < -0.39 is 29.7 Å². The molecule has 0 radical (unpaired) electrons. The van der Waals surface area contributed by atoms with Crippen molar-refractivity contribution >= 4 is 34.2 Å². The number of nitrogens with one attached hydrogen (secondary N) is 1. The number of aliphatic carboxylic acids is 1. The Kier molecular flexibility index (Phi) is 5.22. The van der Waals surface area contributed by atoms with Crippen molar-refractivity contribution in [1.82, 2.24) is 0 Å². The molecule has 0 spiro atoms. The number of hydrogen-bond donors (Lipinski definition) is 2. The summed E-state index contributed by atoms with van der Waals surface area (Å²) in [5.74, 6) is -3.05. The van der Waals surface area contributed by atoms with Gasteiger partial charge in [0.1, 0.15) is 16.3 Å². The number of allylic oxidation sites excluding steroid dienone is 2. The first kappa shape index (κ1) is 17.9. The molecule has 2 aromatic heterocycles. The van der Waals surface area contributed by atoms with Gasteiger partial charge < -0.3 is 19.6 Å². The Bertz CT molecular complexity index is 851. The van der Waals surface area contributed by atoms with Crippen LogP contribution in [0.3, 0.4) is 0 Å². The molecular weight excluding hydrogens is 358 g/mol. The second kappa shape index (κ2) is 7.57. The molecule has 7 nitrogen and oxygen atoms in total. The number of hydrogen-bond acceptors (Lipinski definition) is 6. The van der Waals surface area contributed by atoms with E-state index in [1.165, 1.54) is 13.4 Å². The maximum atomic E-state index is 12.7. The van der Waals surface area contributed by atoms with Gasteiger partial charge >= 0.3 is 11.9 Å². The van der Waals surface area contributed by atoms with Crippen LogP contribution in [0.15, 0.2) is 40.3 Å². The first-order valence-electron chi connectivity index (χ1n) is 7.95. The van der Waals surface area contributed by atoms with Gasteiger partial charge in [0.15, 0.2) is 0 Å². The van der Waals surface area contributed by atoms with Crippen LogP contribution in [0.4, 0.5) is 5.00 Å². The lowest BCUT2D eigenvalue weighted by atomic mass is 9.82. The van der Waals surface area contributed by atoms with Crippen LogP contribution in [0.1, 0.15) is 23.2 Å². The molecule has 1 aliphatic rings. The van der Waals surface area contributed by atoms with Crippen molar-refractivity contribution in [3.8, 4) is 11.3 Å². The molecular formula is C18H17NO6S. The maximum absolute atomic E-state index is 12.7. The molecule has 1 aliphatic carbocycles. The molecule has 136 valence electrons. The quantitative estimate of drug-likeness (QED) is 0.613. The zero-order valence-corrected chi connectivity index (χ0v) is 14.7. The highest BCUT2D eigenvalue weighted by Gasteiger charge is 2.35. The van der Waals surface area contributed by atoms with Gasteiger partial charge in [-0.3, -0.25) is 9.59 Å². The number of methoxy groups -OCH3 is 1. The number of ether oxygens (including phenoxy) is 1. The first-order chi connectivity index (χ1) is 12.5. The highest BCUT2D eigenvalue weighted by molar-refractivity contribution is 7.15. The lowest BCUT2D eigenvalue weighted by Gasteiger charge is -2.24. The fourth-order valence-corrected chi connectivity index (χ4v) is 3.89. The summed E-state index contributed by atoms with van der Waals surface area (Å²) in [4.78, 5) is 36.3. The molecule has 2 heterocycles. The molecule has 2 N–H and O–H groups in total. The number of amides is 1. The zero-order chi connectivity index (χ0) is 18.7. The number of carboxylic acid groups (broad SMARTS) is 1. The Morgan fingerprint density at radius 2 is 2.00 bits per heavy atom. The van der Waals surface area contributed by atoms with E-state index in [4.69, 9.17) is 9.15 Å². The highest BCUT2D eigenvalue weighted by Crippen LogP contribution is 2.37. The van der Waals surface area contributed by atoms with Crippen LogP contribution >= 0.6 is 11.3 Å². The predicted octanol–water partition coefficient (Wildman–Crippen LogP) is 3.40. The smallest absolute Gasteiger partial charge is 0.341 e. The summed E-state index contributed by atoms with van der Waals surface area (Å²) in [6.07, 6.45) is 5.69. The van der Waals surface area contributed by atoms with Crippen LogP contribution in [-0.4, -0.2) is 30.1 Å². The molecule has 3 rings (SSSR count). The molecule has 26 heavy (non-hydrogen) atoms. The third kappa shape index (κ3) is 3.41. The average molecular weight is 375 g/mol. The topological polar surface area (TPSA) is 106 Å². The minimum atomic E-state index is -1.01. The third-order valence-corrected chi connectivity index (χ3v) is 5.19. The van der Waals surface area contributed by atoms with Crippen LogP contribution in [0.2, 0.25) is 0 Å². The normalized spacial score (nSPS) is 19.1. The summed E-state index contributed by atoms with van der Waals surface area (Å²) < 4.78 is 10.2. The molecule has 0 bridgehead atoms. The van der Waals surface area contributed by atoms with Crippen LogP contribution in [0.25, 0.3) is 11.3 Å². The van der Waals surface area contributed by atoms with Crippen molar-refractivity contribution in [3.05, 3.63) is 41.5 Å². The molecule has 0 saturated heterocycles. The molecule has 0 unspecified atom stereocenters. The second-order valence-electron chi connectivity index (χ2n) is 5.81.